The lowest BCUT2D eigenvalue weighted by Gasteiger charge is -2.31. The van der Waals surface area contributed by atoms with Crippen molar-refractivity contribution in [2.24, 2.45) is 5.92 Å². The van der Waals surface area contributed by atoms with E-state index in [1.807, 2.05) is 29.2 Å². The van der Waals surface area contributed by atoms with Gasteiger partial charge in [0.05, 0.1) is 29.0 Å². The number of alkyl halides is 3. The predicted molar refractivity (Wildman–Crippen MR) is 157 cm³/mol. The first-order chi connectivity index (χ1) is 20.9. The number of rotatable bonds is 7. The summed E-state index contributed by atoms with van der Waals surface area (Å²) in [5.74, 6) is -1.03. The Labute approximate surface area is 253 Å². The number of nitriles is 1. The van der Waals surface area contributed by atoms with Crippen LogP contribution in [0.15, 0.2) is 54.7 Å². The molecule has 6 rings (SSSR count). The van der Waals surface area contributed by atoms with E-state index in [0.29, 0.717) is 50.2 Å². The summed E-state index contributed by atoms with van der Waals surface area (Å²) in [6.45, 7) is 0.814. The Morgan fingerprint density at radius 2 is 1.75 bits per heavy atom. The van der Waals surface area contributed by atoms with Crippen molar-refractivity contribution in [3.8, 4) is 28.6 Å². The van der Waals surface area contributed by atoms with Crippen LogP contribution in [0.25, 0.3) is 16.8 Å². The zero-order valence-corrected chi connectivity index (χ0v) is 24.7. The molecule has 1 amide bonds. The Kier molecular flexibility index (Phi) is 7.82. The van der Waals surface area contributed by atoms with Crippen molar-refractivity contribution in [2.45, 2.75) is 56.3 Å². The van der Waals surface area contributed by atoms with E-state index in [1.165, 1.54) is 22.9 Å². The molecule has 1 N–H and O–H groups in total. The molecule has 2 heterocycles. The number of sulfone groups is 1. The summed E-state index contributed by atoms with van der Waals surface area (Å²) in [5.41, 5.74) is 2.66. The van der Waals surface area contributed by atoms with Gasteiger partial charge in [0.25, 0.3) is 0 Å². The van der Waals surface area contributed by atoms with Gasteiger partial charge in [0, 0.05) is 48.4 Å². The number of nitrogens with zero attached hydrogens (tertiary/aromatic N) is 4. The van der Waals surface area contributed by atoms with Gasteiger partial charge in [0.15, 0.2) is 9.84 Å². The summed E-state index contributed by atoms with van der Waals surface area (Å²) >= 11 is 0. The molecule has 2 atom stereocenters. The minimum absolute atomic E-state index is 0.0982. The number of carbonyl (C=O) groups excluding carboxylic acids is 1. The van der Waals surface area contributed by atoms with Crippen LogP contribution in [-0.4, -0.2) is 60.6 Å². The fourth-order valence-electron chi connectivity index (χ4n) is 6.15. The number of anilines is 1. The number of hydrogen-bond donors (Lipinski definition) is 1. The fourth-order valence-corrected chi connectivity index (χ4v) is 7.35. The number of ether oxygens (including phenoxy) is 1. The first kappa shape index (κ1) is 30.0. The van der Waals surface area contributed by atoms with Crippen LogP contribution in [-0.2, 0) is 14.6 Å². The molecule has 0 spiro atoms. The maximum atomic E-state index is 13.5. The van der Waals surface area contributed by atoms with Gasteiger partial charge in [-0.15, -0.1) is 13.2 Å². The molecule has 0 radical (unpaired) electrons. The van der Waals surface area contributed by atoms with E-state index in [0.717, 1.165) is 29.7 Å². The monoisotopic (exact) mass is 627 g/mol. The summed E-state index contributed by atoms with van der Waals surface area (Å²) in [4.78, 5) is 15.5. The highest BCUT2D eigenvalue weighted by Gasteiger charge is 2.47. The molecule has 3 aromatic rings. The normalized spacial score (nSPS) is 22.5. The highest BCUT2D eigenvalue weighted by Crippen LogP contribution is 2.43. The van der Waals surface area contributed by atoms with Crippen molar-refractivity contribution in [2.75, 3.05) is 29.5 Å². The van der Waals surface area contributed by atoms with Gasteiger partial charge in [0.1, 0.15) is 11.3 Å². The van der Waals surface area contributed by atoms with Crippen LogP contribution in [0.5, 0.6) is 5.75 Å². The fraction of sp³-hybridized carbons (Fsp3) is 0.452. The van der Waals surface area contributed by atoms with Crippen molar-refractivity contribution in [3.05, 3.63) is 60.4 Å². The third-order valence-electron chi connectivity index (χ3n) is 8.73. The van der Waals surface area contributed by atoms with Crippen LogP contribution in [0.4, 0.5) is 18.9 Å². The molecule has 3 fully saturated rings. The molecule has 0 bridgehead atoms. The Morgan fingerprint density at radius 3 is 2.41 bits per heavy atom. The maximum Gasteiger partial charge on any atom is 0.573 e. The number of aromatic nitrogens is 2. The molecule has 2 aliphatic carbocycles. The van der Waals surface area contributed by atoms with Gasteiger partial charge in [0.2, 0.25) is 5.91 Å². The summed E-state index contributed by atoms with van der Waals surface area (Å²) in [6.07, 6.45) is 1.23. The van der Waals surface area contributed by atoms with Gasteiger partial charge < -0.3 is 15.0 Å². The number of nitrogens with one attached hydrogen (secondary N) is 1. The average Bonchev–Trinajstić information content (AvgIpc) is 3.62. The standard InChI is InChI=1S/C31H32F3N5O4S/c32-31(33,34)43-24-5-3-4-23(18-24)39-19-27(21-8-10-22(11-9-21)38-14-16-44(41,42)17-15-38)28(37-39)25-6-1-2-7-26(25)29(40)36-30(20-35)12-13-30/h3-5,8-11,18-19,25-26H,1-2,6-7,12-17H2,(H,36,40)/t25-,26-/m1/s1. The predicted octanol–water partition coefficient (Wildman–Crippen LogP) is 5.12. The Hall–Kier alpha value is -4.05. The van der Waals surface area contributed by atoms with Crippen LogP contribution in [0, 0.1) is 17.2 Å². The summed E-state index contributed by atoms with van der Waals surface area (Å²) in [6, 6.07) is 15.5. The minimum Gasteiger partial charge on any atom is -0.406 e. The molecular formula is C31H32F3N5O4S. The molecule has 13 heteroatoms. The third kappa shape index (κ3) is 6.55. The van der Waals surface area contributed by atoms with Gasteiger partial charge in [-0.1, -0.05) is 31.0 Å². The SMILES string of the molecule is N#CC1(NC(=O)[C@@H]2CCCC[C@H]2c2nn(-c3cccc(OC(F)(F)F)c3)cc2-c2ccc(N3CCS(=O)(=O)CC3)cc2)CC1. The molecule has 44 heavy (non-hydrogen) atoms. The van der Waals surface area contributed by atoms with Crippen LogP contribution < -0.4 is 15.0 Å². The van der Waals surface area contributed by atoms with Gasteiger partial charge in [-0.25, -0.2) is 13.1 Å². The second-order valence-corrected chi connectivity index (χ2v) is 14.1. The van der Waals surface area contributed by atoms with Crippen LogP contribution in [0.3, 0.4) is 0 Å². The average molecular weight is 628 g/mol. The van der Waals surface area contributed by atoms with Crippen molar-refractivity contribution < 1.29 is 31.1 Å². The number of carbonyl (C=O) groups is 1. The van der Waals surface area contributed by atoms with E-state index in [2.05, 4.69) is 16.1 Å². The van der Waals surface area contributed by atoms with Crippen LogP contribution >= 0.6 is 0 Å². The Morgan fingerprint density at radius 1 is 1.05 bits per heavy atom. The van der Waals surface area contributed by atoms with E-state index in [-0.39, 0.29) is 29.1 Å². The van der Waals surface area contributed by atoms with Crippen LogP contribution in [0.2, 0.25) is 0 Å². The molecule has 1 aromatic heterocycles. The molecule has 2 aromatic carbocycles. The molecule has 232 valence electrons. The molecule has 1 aliphatic heterocycles. The summed E-state index contributed by atoms with van der Waals surface area (Å²) in [7, 11) is -3.03. The van der Waals surface area contributed by atoms with Gasteiger partial charge >= 0.3 is 6.36 Å². The summed E-state index contributed by atoms with van der Waals surface area (Å²) < 4.78 is 68.3. The number of halogens is 3. The largest absolute Gasteiger partial charge is 0.573 e. The third-order valence-corrected chi connectivity index (χ3v) is 10.3. The van der Waals surface area contributed by atoms with Crippen LogP contribution in [0.1, 0.15) is 50.1 Å². The lowest BCUT2D eigenvalue weighted by Crippen LogP contribution is -2.42. The second kappa shape index (κ2) is 11.5. The van der Waals surface area contributed by atoms with E-state index in [1.54, 1.807) is 12.3 Å². The van der Waals surface area contributed by atoms with Crippen molar-refractivity contribution in [3.63, 3.8) is 0 Å². The van der Waals surface area contributed by atoms with Crippen molar-refractivity contribution in [1.29, 1.82) is 5.26 Å². The maximum absolute atomic E-state index is 13.5. The van der Waals surface area contributed by atoms with E-state index < -0.39 is 27.7 Å². The van der Waals surface area contributed by atoms with Crippen molar-refractivity contribution >= 4 is 21.4 Å². The molecule has 1 saturated heterocycles. The van der Waals surface area contributed by atoms with Gasteiger partial charge in [-0.05, 0) is 55.5 Å². The highest BCUT2D eigenvalue weighted by atomic mass is 32.2. The first-order valence-electron chi connectivity index (χ1n) is 14.7. The van der Waals surface area contributed by atoms with E-state index in [9.17, 15) is 31.6 Å². The number of amides is 1. The van der Waals surface area contributed by atoms with Gasteiger partial charge in [-0.2, -0.15) is 10.4 Å². The number of benzene rings is 2. The van der Waals surface area contributed by atoms with Gasteiger partial charge in [-0.3, -0.25) is 4.79 Å². The Bertz CT molecular complexity index is 1680. The van der Waals surface area contributed by atoms with E-state index >= 15 is 0 Å². The zero-order valence-electron chi connectivity index (χ0n) is 23.9. The lowest BCUT2D eigenvalue weighted by molar-refractivity contribution is -0.274. The molecule has 3 aliphatic rings. The zero-order chi connectivity index (χ0) is 31.1. The summed E-state index contributed by atoms with van der Waals surface area (Å²) in [5, 5.41) is 17.4. The van der Waals surface area contributed by atoms with Crippen molar-refractivity contribution in [1.82, 2.24) is 15.1 Å². The lowest BCUT2D eigenvalue weighted by atomic mass is 9.75. The molecule has 0 unspecified atom stereocenters. The molecule has 9 nitrogen and oxygen atoms in total. The smallest absolute Gasteiger partial charge is 0.406 e. The second-order valence-electron chi connectivity index (χ2n) is 11.8. The Balaban J connectivity index is 1.36. The molecular weight excluding hydrogens is 595 g/mol. The number of hydrogen-bond acceptors (Lipinski definition) is 7. The van der Waals surface area contributed by atoms with E-state index in [4.69, 9.17) is 5.10 Å². The quantitative estimate of drug-likeness (QED) is 0.387. The highest BCUT2D eigenvalue weighted by molar-refractivity contribution is 7.91. The topological polar surface area (TPSA) is 117 Å². The first-order valence-corrected chi connectivity index (χ1v) is 16.5. The molecule has 2 saturated carbocycles. The minimum atomic E-state index is -4.84.